The molecule has 6 rings (SSSR count). The molecule has 0 radical (unpaired) electrons. The summed E-state index contributed by atoms with van der Waals surface area (Å²) in [5.41, 5.74) is -1.51. The van der Waals surface area contributed by atoms with Crippen molar-refractivity contribution in [2.24, 2.45) is 5.92 Å². The lowest BCUT2D eigenvalue weighted by atomic mass is 9.77. The van der Waals surface area contributed by atoms with E-state index in [2.05, 4.69) is 20.9 Å². The topological polar surface area (TPSA) is 142 Å². The Morgan fingerprint density at radius 3 is 2.54 bits per heavy atom. The van der Waals surface area contributed by atoms with Crippen molar-refractivity contribution >= 4 is 17.7 Å². The number of carbonyl (C=O) groups is 3. The molecule has 184 valence electrons. The first kappa shape index (κ1) is 23.0. The van der Waals surface area contributed by atoms with Gasteiger partial charge in [-0.05, 0) is 55.7 Å². The van der Waals surface area contributed by atoms with Gasteiger partial charge < -0.3 is 21.1 Å². The van der Waals surface area contributed by atoms with Gasteiger partial charge in [0.2, 0.25) is 17.6 Å². The fourth-order valence-electron chi connectivity index (χ4n) is 5.26. The van der Waals surface area contributed by atoms with Gasteiger partial charge in [-0.15, -0.1) is 0 Å². The molecule has 4 aliphatic rings. The molecule has 10 nitrogen and oxygen atoms in total. The molecule has 1 saturated heterocycles. The van der Waals surface area contributed by atoms with Gasteiger partial charge >= 0.3 is 0 Å². The van der Waals surface area contributed by atoms with E-state index >= 15 is 0 Å². The number of aromatic nitrogens is 2. The summed E-state index contributed by atoms with van der Waals surface area (Å²) in [6, 6.07) is 4.90. The molecule has 1 atom stereocenters. The number of nitrogens with zero attached hydrogens (tertiary/aromatic N) is 2. The molecule has 2 bridgehead atoms. The van der Waals surface area contributed by atoms with Crippen molar-refractivity contribution < 1.29 is 23.9 Å². The zero-order valence-electron chi connectivity index (χ0n) is 19.0. The Labute approximate surface area is 199 Å². The number of amides is 3. The van der Waals surface area contributed by atoms with E-state index < -0.39 is 40.3 Å². The van der Waals surface area contributed by atoms with Gasteiger partial charge in [0.25, 0.3) is 11.5 Å². The maximum Gasteiger partial charge on any atom is 0.296 e. The average Bonchev–Trinajstić information content (AvgIpc) is 3.16. The highest BCUT2D eigenvalue weighted by Crippen LogP contribution is 2.43. The number of fused-ring (bicyclic) bond motifs is 2. The van der Waals surface area contributed by atoms with E-state index in [-0.39, 0.29) is 36.5 Å². The van der Waals surface area contributed by atoms with Crippen molar-refractivity contribution in [1.82, 2.24) is 25.5 Å². The predicted octanol–water partition coefficient (Wildman–Crippen LogP) is 0.812. The van der Waals surface area contributed by atoms with Crippen LogP contribution in [0.1, 0.15) is 60.4 Å². The van der Waals surface area contributed by atoms with Gasteiger partial charge in [-0.1, -0.05) is 12.1 Å². The monoisotopic (exact) mass is 483 g/mol. The van der Waals surface area contributed by atoms with Crippen LogP contribution in [0.25, 0.3) is 0 Å². The van der Waals surface area contributed by atoms with Gasteiger partial charge in [0.05, 0.1) is 5.54 Å². The highest BCUT2D eigenvalue weighted by molar-refractivity contribution is 5.95. The SMILES string of the molecule is O=C1CCC(C(=O)NC23CCC(CC2)Cn2c3nc(C(=O)NCc3ccc(F)cc3)c(O)c2=O)N1. The molecule has 1 saturated carbocycles. The summed E-state index contributed by atoms with van der Waals surface area (Å²) >= 11 is 0. The van der Waals surface area contributed by atoms with Crippen LogP contribution >= 0.6 is 0 Å². The zero-order chi connectivity index (χ0) is 24.7. The molecule has 0 spiro atoms. The number of nitrogens with one attached hydrogen (secondary N) is 3. The van der Waals surface area contributed by atoms with Crippen LogP contribution in [-0.2, 0) is 28.2 Å². The van der Waals surface area contributed by atoms with E-state index in [1.54, 1.807) is 0 Å². The van der Waals surface area contributed by atoms with Crippen molar-refractivity contribution in [2.45, 2.75) is 63.2 Å². The fourth-order valence-corrected chi connectivity index (χ4v) is 5.26. The zero-order valence-corrected chi connectivity index (χ0v) is 19.0. The first-order valence-electron chi connectivity index (χ1n) is 11.7. The van der Waals surface area contributed by atoms with Gasteiger partial charge in [-0.3, -0.25) is 23.7 Å². The van der Waals surface area contributed by atoms with Crippen molar-refractivity contribution in [1.29, 1.82) is 0 Å². The van der Waals surface area contributed by atoms with Crippen LogP contribution in [0.15, 0.2) is 29.1 Å². The van der Waals surface area contributed by atoms with E-state index in [9.17, 15) is 28.7 Å². The van der Waals surface area contributed by atoms with Crippen LogP contribution in [0.4, 0.5) is 4.39 Å². The number of hydrogen-bond acceptors (Lipinski definition) is 6. The van der Waals surface area contributed by atoms with Gasteiger partial charge in [0.1, 0.15) is 17.7 Å². The molecule has 11 heteroatoms. The van der Waals surface area contributed by atoms with E-state index in [0.29, 0.717) is 31.4 Å². The first-order chi connectivity index (χ1) is 16.8. The quantitative estimate of drug-likeness (QED) is 0.496. The second-order valence-electron chi connectivity index (χ2n) is 9.53. The Morgan fingerprint density at radius 1 is 1.17 bits per heavy atom. The number of hydrogen-bond donors (Lipinski definition) is 4. The van der Waals surface area contributed by atoms with Gasteiger partial charge in [0, 0.05) is 19.5 Å². The standard InChI is InChI=1S/C24H26FN5O5/c25-15-3-1-13(2-4-15)11-26-21(34)18-19(32)22(35)30-12-14-7-9-24(10-8-14,23(30)28-18)29-20(33)16-5-6-17(31)27-16/h1-4,14,16,32H,5-12H2,(H,26,34)(H,27,31)(H,29,33). The van der Waals surface area contributed by atoms with Gasteiger partial charge in [0.15, 0.2) is 5.69 Å². The van der Waals surface area contributed by atoms with Crippen molar-refractivity contribution in [3.8, 4) is 5.75 Å². The van der Waals surface area contributed by atoms with Gasteiger partial charge in [-0.25, -0.2) is 9.37 Å². The number of rotatable bonds is 5. The Morgan fingerprint density at radius 2 is 1.89 bits per heavy atom. The smallest absolute Gasteiger partial charge is 0.296 e. The Hall–Kier alpha value is -3.76. The normalized spacial score (nSPS) is 24.9. The molecular weight excluding hydrogens is 457 g/mol. The average molecular weight is 484 g/mol. The Balaban J connectivity index is 1.47. The van der Waals surface area contributed by atoms with Crippen LogP contribution in [0, 0.1) is 11.7 Å². The molecule has 4 heterocycles. The Kier molecular flexibility index (Phi) is 5.78. The highest BCUT2D eigenvalue weighted by atomic mass is 19.1. The molecule has 2 fully saturated rings. The van der Waals surface area contributed by atoms with Gasteiger partial charge in [-0.2, -0.15) is 0 Å². The molecule has 35 heavy (non-hydrogen) atoms. The second kappa shape index (κ2) is 8.79. The number of halogens is 1. The van der Waals surface area contributed by atoms with E-state index in [4.69, 9.17) is 0 Å². The number of aromatic hydroxyl groups is 1. The summed E-state index contributed by atoms with van der Waals surface area (Å²) in [7, 11) is 0. The predicted molar refractivity (Wildman–Crippen MR) is 121 cm³/mol. The van der Waals surface area contributed by atoms with Crippen molar-refractivity contribution in [3.05, 3.63) is 57.5 Å². The molecule has 2 aromatic rings. The van der Waals surface area contributed by atoms with Crippen molar-refractivity contribution in [2.75, 3.05) is 0 Å². The first-order valence-corrected chi connectivity index (χ1v) is 11.7. The summed E-state index contributed by atoms with van der Waals surface area (Å²) in [5, 5.41) is 18.9. The fraction of sp³-hybridized carbons (Fsp3) is 0.458. The summed E-state index contributed by atoms with van der Waals surface area (Å²) in [5.74, 6) is -2.03. The van der Waals surface area contributed by atoms with E-state index in [0.717, 1.165) is 12.8 Å². The van der Waals surface area contributed by atoms with E-state index in [1.165, 1.54) is 28.8 Å². The lowest BCUT2D eigenvalue weighted by molar-refractivity contribution is -0.127. The third-order valence-corrected chi connectivity index (χ3v) is 7.23. The highest BCUT2D eigenvalue weighted by Gasteiger charge is 2.47. The third kappa shape index (κ3) is 4.26. The van der Waals surface area contributed by atoms with Crippen LogP contribution in [0.2, 0.25) is 0 Å². The maximum absolute atomic E-state index is 13.1. The minimum absolute atomic E-state index is 0.0456. The maximum atomic E-state index is 13.1. The van der Waals surface area contributed by atoms with Crippen molar-refractivity contribution in [3.63, 3.8) is 0 Å². The van der Waals surface area contributed by atoms with Crippen LogP contribution < -0.4 is 21.5 Å². The molecule has 1 aromatic heterocycles. The summed E-state index contributed by atoms with van der Waals surface area (Å²) in [6.45, 7) is 0.383. The van der Waals surface area contributed by atoms with E-state index in [1.807, 2.05) is 0 Å². The molecule has 1 unspecified atom stereocenters. The lowest BCUT2D eigenvalue weighted by Crippen LogP contribution is -2.54. The van der Waals surface area contributed by atoms with Crippen LogP contribution in [0.3, 0.4) is 0 Å². The minimum atomic E-state index is -0.990. The molecule has 3 aliphatic heterocycles. The second-order valence-corrected chi connectivity index (χ2v) is 9.53. The molecule has 3 amide bonds. The van der Waals surface area contributed by atoms with Crippen LogP contribution in [0.5, 0.6) is 5.75 Å². The largest absolute Gasteiger partial charge is 0.501 e. The number of benzene rings is 1. The molecule has 1 aromatic carbocycles. The molecule has 1 aliphatic carbocycles. The molecule has 4 N–H and O–H groups in total. The summed E-state index contributed by atoms with van der Waals surface area (Å²) in [4.78, 5) is 55.1. The minimum Gasteiger partial charge on any atom is -0.501 e. The Bertz CT molecular complexity index is 1250. The lowest BCUT2D eigenvalue weighted by Gasteiger charge is -2.37. The number of carbonyl (C=O) groups excluding carboxylic acids is 3. The third-order valence-electron chi connectivity index (χ3n) is 7.23. The summed E-state index contributed by atoms with van der Waals surface area (Å²) < 4.78 is 14.5. The molecular formula is C24H26FN5O5. The summed E-state index contributed by atoms with van der Waals surface area (Å²) in [6.07, 6.45) is 3.19. The van der Waals surface area contributed by atoms with Crippen LogP contribution in [-0.4, -0.2) is 38.4 Å².